The smallest absolute Gasteiger partial charge is 0.132 e. The number of rotatable bonds is 4. The molecule has 0 saturated heterocycles. The molecule has 1 aliphatic rings. The largest absolute Gasteiger partial charge is 0.399 e. The van der Waals surface area contributed by atoms with Crippen LogP contribution in [0.5, 0.6) is 0 Å². The fraction of sp³-hybridized carbons (Fsp3) is 0.312. The molecule has 0 atom stereocenters. The Bertz CT molecular complexity index is 623. The zero-order chi connectivity index (χ0) is 14.1. The molecule has 0 unspecified atom stereocenters. The highest BCUT2D eigenvalue weighted by Gasteiger charge is 2.30. The highest BCUT2D eigenvalue weighted by Crippen LogP contribution is 2.34. The van der Waals surface area contributed by atoms with Crippen molar-refractivity contribution < 1.29 is 0 Å². The molecule has 0 amide bonds. The van der Waals surface area contributed by atoms with E-state index in [2.05, 4.69) is 44.9 Å². The van der Waals surface area contributed by atoms with Crippen LogP contribution in [0.3, 0.4) is 0 Å². The summed E-state index contributed by atoms with van der Waals surface area (Å²) in [7, 11) is 0. The number of aromatic nitrogens is 1. The molecule has 0 bridgehead atoms. The number of halogens is 1. The van der Waals surface area contributed by atoms with Gasteiger partial charge in [-0.25, -0.2) is 4.98 Å². The maximum Gasteiger partial charge on any atom is 0.132 e. The maximum atomic E-state index is 5.87. The van der Waals surface area contributed by atoms with Gasteiger partial charge in [0.1, 0.15) is 5.82 Å². The number of benzene rings is 1. The summed E-state index contributed by atoms with van der Waals surface area (Å²) in [6.45, 7) is 2.98. The number of nitrogens with two attached hydrogens (primary N) is 1. The highest BCUT2D eigenvalue weighted by atomic mass is 79.9. The molecule has 1 heterocycles. The number of anilines is 2. The van der Waals surface area contributed by atoms with Crippen molar-refractivity contribution in [1.82, 2.24) is 4.98 Å². The van der Waals surface area contributed by atoms with Crippen molar-refractivity contribution in [1.29, 1.82) is 0 Å². The van der Waals surface area contributed by atoms with Gasteiger partial charge in [-0.2, -0.15) is 0 Å². The zero-order valence-electron chi connectivity index (χ0n) is 11.5. The van der Waals surface area contributed by atoms with Crippen molar-refractivity contribution in [3.05, 3.63) is 52.1 Å². The van der Waals surface area contributed by atoms with Gasteiger partial charge in [0.2, 0.25) is 0 Å². The number of nitrogen functional groups attached to an aromatic ring is 1. The van der Waals surface area contributed by atoms with Gasteiger partial charge in [0, 0.05) is 28.9 Å². The second kappa shape index (κ2) is 5.44. The lowest BCUT2D eigenvalue weighted by Crippen LogP contribution is -2.26. The van der Waals surface area contributed by atoms with Gasteiger partial charge in [-0.3, -0.25) is 0 Å². The molecule has 1 saturated carbocycles. The van der Waals surface area contributed by atoms with Crippen molar-refractivity contribution in [2.45, 2.75) is 32.4 Å². The first-order valence-electron chi connectivity index (χ1n) is 6.86. The van der Waals surface area contributed by atoms with E-state index in [-0.39, 0.29) is 0 Å². The molecule has 20 heavy (non-hydrogen) atoms. The minimum Gasteiger partial charge on any atom is -0.399 e. The van der Waals surface area contributed by atoms with Crippen LogP contribution < -0.4 is 10.6 Å². The third-order valence-corrected chi connectivity index (χ3v) is 4.01. The molecule has 2 aromatic rings. The van der Waals surface area contributed by atoms with Crippen LogP contribution in [0.2, 0.25) is 0 Å². The molecule has 0 aliphatic heterocycles. The van der Waals surface area contributed by atoms with Gasteiger partial charge in [-0.15, -0.1) is 0 Å². The van der Waals surface area contributed by atoms with Crippen LogP contribution >= 0.6 is 15.9 Å². The quantitative estimate of drug-likeness (QED) is 0.864. The third-order valence-electron chi connectivity index (χ3n) is 3.58. The fourth-order valence-corrected chi connectivity index (χ4v) is 2.93. The molecule has 104 valence electrons. The molecule has 1 aromatic carbocycles. The molecule has 1 aliphatic carbocycles. The van der Waals surface area contributed by atoms with E-state index >= 15 is 0 Å². The van der Waals surface area contributed by atoms with E-state index in [9.17, 15) is 0 Å². The highest BCUT2D eigenvalue weighted by molar-refractivity contribution is 9.10. The molecule has 4 heteroatoms. The molecule has 1 fully saturated rings. The first kappa shape index (κ1) is 13.4. The van der Waals surface area contributed by atoms with E-state index in [1.54, 1.807) is 0 Å². The van der Waals surface area contributed by atoms with Crippen LogP contribution in [-0.2, 0) is 6.54 Å². The lowest BCUT2D eigenvalue weighted by molar-refractivity contribution is 0.774. The van der Waals surface area contributed by atoms with E-state index in [0.29, 0.717) is 6.04 Å². The fourth-order valence-electron chi connectivity index (χ4n) is 2.49. The number of aryl methyl sites for hydroxylation is 1. The molecule has 3 rings (SSSR count). The monoisotopic (exact) mass is 331 g/mol. The summed E-state index contributed by atoms with van der Waals surface area (Å²) in [5.74, 6) is 1.08. The summed E-state index contributed by atoms with van der Waals surface area (Å²) < 4.78 is 1.03. The topological polar surface area (TPSA) is 42.2 Å². The summed E-state index contributed by atoms with van der Waals surface area (Å²) in [6, 6.07) is 10.8. The van der Waals surface area contributed by atoms with Gasteiger partial charge in [0.05, 0.1) is 0 Å². The minimum absolute atomic E-state index is 0.615. The van der Waals surface area contributed by atoms with E-state index in [4.69, 9.17) is 5.73 Å². The molecular weight excluding hydrogens is 314 g/mol. The normalized spacial score (nSPS) is 14.3. The number of pyridine rings is 1. The van der Waals surface area contributed by atoms with Crippen LogP contribution in [0.25, 0.3) is 0 Å². The second-order valence-corrected chi connectivity index (χ2v) is 6.31. The SMILES string of the molecule is Cc1cc(Br)cnc1N(Cc1cccc(N)c1)C1CC1. The zero-order valence-corrected chi connectivity index (χ0v) is 13.1. The van der Waals surface area contributed by atoms with Crippen molar-refractivity contribution >= 4 is 27.4 Å². The molecule has 0 spiro atoms. The lowest BCUT2D eigenvalue weighted by Gasteiger charge is -2.25. The molecular formula is C16H18BrN3. The lowest BCUT2D eigenvalue weighted by atomic mass is 10.1. The Morgan fingerprint density at radius 2 is 2.15 bits per heavy atom. The van der Waals surface area contributed by atoms with E-state index in [1.165, 1.54) is 24.0 Å². The third kappa shape index (κ3) is 2.96. The van der Waals surface area contributed by atoms with Gasteiger partial charge < -0.3 is 10.6 Å². The van der Waals surface area contributed by atoms with Crippen molar-refractivity contribution in [3.63, 3.8) is 0 Å². The van der Waals surface area contributed by atoms with Gasteiger partial charge in [0.15, 0.2) is 0 Å². The summed E-state index contributed by atoms with van der Waals surface area (Å²) >= 11 is 3.48. The van der Waals surface area contributed by atoms with Crippen molar-refractivity contribution in [2.75, 3.05) is 10.6 Å². The van der Waals surface area contributed by atoms with Crippen LogP contribution in [0.15, 0.2) is 41.0 Å². The van der Waals surface area contributed by atoms with Crippen LogP contribution in [0, 0.1) is 6.92 Å². The number of nitrogens with zero attached hydrogens (tertiary/aromatic N) is 2. The van der Waals surface area contributed by atoms with Gasteiger partial charge in [-0.1, -0.05) is 12.1 Å². The first-order valence-corrected chi connectivity index (χ1v) is 7.66. The Hall–Kier alpha value is -1.55. The predicted molar refractivity (Wildman–Crippen MR) is 86.7 cm³/mol. The Morgan fingerprint density at radius 3 is 2.80 bits per heavy atom. The standard InChI is InChI=1S/C16H18BrN3/c1-11-7-13(17)9-19-16(11)20(15-5-6-15)10-12-3-2-4-14(18)8-12/h2-4,7-9,15H,5-6,10,18H2,1H3. The Labute approximate surface area is 127 Å². The number of hydrogen-bond donors (Lipinski definition) is 1. The molecule has 3 nitrogen and oxygen atoms in total. The molecule has 2 N–H and O–H groups in total. The van der Waals surface area contributed by atoms with Gasteiger partial charge in [-0.05, 0) is 65.0 Å². The minimum atomic E-state index is 0.615. The summed E-state index contributed by atoms with van der Waals surface area (Å²) in [6.07, 6.45) is 4.37. The average Bonchev–Trinajstić information content (AvgIpc) is 3.21. The van der Waals surface area contributed by atoms with Gasteiger partial charge >= 0.3 is 0 Å². The second-order valence-electron chi connectivity index (χ2n) is 5.40. The molecule has 1 aromatic heterocycles. The van der Waals surface area contributed by atoms with Crippen LogP contribution in [0.1, 0.15) is 24.0 Å². The van der Waals surface area contributed by atoms with Gasteiger partial charge in [0.25, 0.3) is 0 Å². The summed E-state index contributed by atoms with van der Waals surface area (Å²) in [5, 5.41) is 0. The Morgan fingerprint density at radius 1 is 1.35 bits per heavy atom. The van der Waals surface area contributed by atoms with Crippen molar-refractivity contribution in [3.8, 4) is 0 Å². The van der Waals surface area contributed by atoms with E-state index < -0.39 is 0 Å². The first-order chi connectivity index (χ1) is 9.63. The van der Waals surface area contributed by atoms with Crippen LogP contribution in [-0.4, -0.2) is 11.0 Å². The summed E-state index contributed by atoms with van der Waals surface area (Å²) in [4.78, 5) is 7.01. The Balaban J connectivity index is 1.89. The van der Waals surface area contributed by atoms with Crippen molar-refractivity contribution in [2.24, 2.45) is 0 Å². The maximum absolute atomic E-state index is 5.87. The summed E-state index contributed by atoms with van der Waals surface area (Å²) in [5.41, 5.74) is 9.13. The molecule has 0 radical (unpaired) electrons. The van der Waals surface area contributed by atoms with E-state index in [0.717, 1.165) is 22.5 Å². The average molecular weight is 332 g/mol. The Kier molecular flexibility index (Phi) is 3.66. The van der Waals surface area contributed by atoms with Crippen LogP contribution in [0.4, 0.5) is 11.5 Å². The number of hydrogen-bond acceptors (Lipinski definition) is 3. The predicted octanol–water partition coefficient (Wildman–Crippen LogP) is 3.90. The van der Waals surface area contributed by atoms with E-state index in [1.807, 2.05) is 24.4 Å².